The molecular weight excluding hydrogens is 132 g/mol. The Bertz CT molecular complexity index is 108. The molecule has 4 nitrogen and oxygen atoms in total. The molecule has 60 valence electrons. The van der Waals surface area contributed by atoms with Crippen LogP contribution in [0.1, 0.15) is 12.8 Å². The van der Waals surface area contributed by atoms with E-state index in [0.717, 1.165) is 19.4 Å². The first-order chi connectivity index (χ1) is 4.70. The second-order valence-electron chi connectivity index (χ2n) is 2.86. The highest BCUT2D eigenvalue weighted by atomic mass is 16.8. The number of rotatable bonds is 1. The van der Waals surface area contributed by atoms with Gasteiger partial charge in [-0.2, -0.15) is 0 Å². The number of hydrogen-bond acceptors (Lipinski definition) is 4. The van der Waals surface area contributed by atoms with Crippen molar-refractivity contribution in [2.45, 2.75) is 18.9 Å². The lowest BCUT2D eigenvalue weighted by atomic mass is 10.1. The molecule has 0 aromatic rings. The second-order valence-corrected chi connectivity index (χ2v) is 2.86. The third-order valence-electron chi connectivity index (χ3n) is 1.91. The van der Waals surface area contributed by atoms with Gasteiger partial charge in [-0.05, 0) is 26.4 Å². The molecule has 1 atom stereocenters. The lowest BCUT2D eigenvalue weighted by Crippen LogP contribution is -2.42. The molecule has 0 amide bonds. The third-order valence-corrected chi connectivity index (χ3v) is 1.91. The fraction of sp³-hybridized carbons (Fsp3) is 1.00. The maximum atomic E-state index is 10.4. The van der Waals surface area contributed by atoms with Gasteiger partial charge >= 0.3 is 0 Å². The average Bonchev–Trinajstić information content (AvgIpc) is 1.88. The van der Waals surface area contributed by atoms with Gasteiger partial charge in [0, 0.05) is 12.6 Å². The van der Waals surface area contributed by atoms with E-state index in [9.17, 15) is 5.21 Å². The fourth-order valence-corrected chi connectivity index (χ4v) is 1.32. The minimum atomic E-state index is -0.209. The van der Waals surface area contributed by atoms with E-state index in [-0.39, 0.29) is 11.3 Å². The molecule has 1 heterocycles. The van der Waals surface area contributed by atoms with Gasteiger partial charge in [0.1, 0.15) is 0 Å². The number of likely N-dealkylation sites (N-methyl/N-ethyl adjacent to an activating group) is 1. The molecule has 1 aliphatic rings. The molecule has 1 fully saturated rings. The third kappa shape index (κ3) is 1.91. The molecule has 1 aliphatic heterocycles. The lowest BCUT2D eigenvalue weighted by molar-refractivity contribution is -0.0948. The summed E-state index contributed by atoms with van der Waals surface area (Å²) in [5.41, 5.74) is 0. The van der Waals surface area contributed by atoms with Crippen LogP contribution in [-0.2, 0) is 0 Å². The van der Waals surface area contributed by atoms with E-state index in [0.29, 0.717) is 6.54 Å². The van der Waals surface area contributed by atoms with E-state index in [1.807, 2.05) is 7.05 Å². The summed E-state index contributed by atoms with van der Waals surface area (Å²) in [6.07, 6.45) is 1.81. The molecule has 4 heteroatoms. The first-order valence-corrected chi connectivity index (χ1v) is 3.54. The van der Waals surface area contributed by atoms with Crippen LogP contribution in [0.25, 0.3) is 0 Å². The molecule has 1 saturated heterocycles. The van der Waals surface area contributed by atoms with Crippen LogP contribution in [0.15, 0.2) is 0 Å². The van der Waals surface area contributed by atoms with E-state index in [2.05, 4.69) is 4.90 Å². The topological polar surface area (TPSA) is 49.8 Å². The molecule has 0 radical (unpaired) electrons. The zero-order valence-electron chi connectivity index (χ0n) is 6.16. The van der Waals surface area contributed by atoms with Crippen molar-refractivity contribution >= 4 is 0 Å². The van der Waals surface area contributed by atoms with Crippen LogP contribution in [0.4, 0.5) is 0 Å². The fourth-order valence-electron chi connectivity index (χ4n) is 1.32. The molecule has 1 unspecified atom stereocenters. The van der Waals surface area contributed by atoms with Crippen LogP contribution < -0.4 is 0 Å². The van der Waals surface area contributed by atoms with E-state index in [4.69, 9.17) is 5.21 Å². The Morgan fingerprint density at radius 3 is 2.80 bits per heavy atom. The molecule has 1 N–H and O–H groups in total. The molecule has 0 bridgehead atoms. The van der Waals surface area contributed by atoms with Gasteiger partial charge in [0.05, 0.1) is 0 Å². The van der Waals surface area contributed by atoms with Crippen molar-refractivity contribution in [2.24, 2.45) is 0 Å². The van der Waals surface area contributed by atoms with E-state index >= 15 is 0 Å². The van der Waals surface area contributed by atoms with E-state index < -0.39 is 0 Å². The Balaban J connectivity index is 2.32. The Morgan fingerprint density at radius 2 is 2.40 bits per heavy atom. The van der Waals surface area contributed by atoms with Crippen molar-refractivity contribution in [2.75, 3.05) is 20.1 Å². The van der Waals surface area contributed by atoms with Gasteiger partial charge < -0.3 is 15.3 Å². The number of likely N-dealkylation sites (tertiary alicyclic amines) is 1. The van der Waals surface area contributed by atoms with Gasteiger partial charge in [0.2, 0.25) is 0 Å². The van der Waals surface area contributed by atoms with Crippen molar-refractivity contribution < 1.29 is 5.21 Å². The minimum absolute atomic E-state index is 0.0790. The number of nitrogens with zero attached hydrogens (tertiary/aromatic N) is 2. The van der Waals surface area contributed by atoms with Crippen molar-refractivity contribution in [3.63, 3.8) is 0 Å². The highest BCUT2D eigenvalue weighted by molar-refractivity contribution is 4.75. The van der Waals surface area contributed by atoms with Gasteiger partial charge in [-0.1, -0.05) is 0 Å². The smallest absolute Gasteiger partial charge is 0.0344 e. The normalized spacial score (nSPS) is 29.4. The highest BCUT2D eigenvalue weighted by Gasteiger charge is 2.16. The van der Waals surface area contributed by atoms with Crippen molar-refractivity contribution in [1.82, 2.24) is 10.1 Å². The first-order valence-electron chi connectivity index (χ1n) is 3.54. The van der Waals surface area contributed by atoms with Crippen LogP contribution in [0.3, 0.4) is 0 Å². The standard InChI is InChI=1S/C6H13N2O2/c1-7-4-2-3-6(5-7)8(9)10/h6,9H,2-5H2,1H3/q-1. The Hall–Kier alpha value is -0.160. The summed E-state index contributed by atoms with van der Waals surface area (Å²) in [5.74, 6) is 0. The van der Waals surface area contributed by atoms with E-state index in [1.165, 1.54) is 0 Å². The SMILES string of the molecule is CN1CCCC(N([O-])O)C1. The van der Waals surface area contributed by atoms with E-state index in [1.54, 1.807) is 0 Å². The maximum absolute atomic E-state index is 10.4. The first kappa shape index (κ1) is 7.94. The molecule has 10 heavy (non-hydrogen) atoms. The Morgan fingerprint density at radius 1 is 1.70 bits per heavy atom. The van der Waals surface area contributed by atoms with Gasteiger partial charge in [-0.15, -0.1) is 0 Å². The molecule has 0 aromatic carbocycles. The summed E-state index contributed by atoms with van der Waals surface area (Å²) in [6.45, 7) is 1.71. The summed E-state index contributed by atoms with van der Waals surface area (Å²) in [5, 5.41) is 19.0. The maximum Gasteiger partial charge on any atom is 0.0344 e. The quantitative estimate of drug-likeness (QED) is 0.538. The summed E-state index contributed by atoms with van der Waals surface area (Å²) in [6, 6.07) is -0.209. The average molecular weight is 145 g/mol. The number of piperidine rings is 1. The molecule has 0 spiro atoms. The summed E-state index contributed by atoms with van der Waals surface area (Å²) < 4.78 is 0. The lowest BCUT2D eigenvalue weighted by Gasteiger charge is -2.37. The number of hydroxylamine groups is 2. The predicted molar refractivity (Wildman–Crippen MR) is 37.5 cm³/mol. The molecule has 0 saturated carbocycles. The van der Waals surface area contributed by atoms with Crippen LogP contribution in [0.5, 0.6) is 0 Å². The zero-order valence-corrected chi connectivity index (χ0v) is 6.16. The van der Waals surface area contributed by atoms with Crippen molar-refractivity contribution in [1.29, 1.82) is 0 Å². The predicted octanol–water partition coefficient (Wildman–Crippen LogP) is 0.270. The summed E-state index contributed by atoms with van der Waals surface area (Å²) in [7, 11) is 1.95. The largest absolute Gasteiger partial charge is 0.762 e. The van der Waals surface area contributed by atoms with Crippen LogP contribution in [0, 0.1) is 5.21 Å². The molecule has 1 rings (SSSR count). The molecular formula is C6H13N2O2-. The van der Waals surface area contributed by atoms with Gasteiger partial charge in [0.25, 0.3) is 0 Å². The monoisotopic (exact) mass is 145 g/mol. The Kier molecular flexibility index (Phi) is 2.62. The highest BCUT2D eigenvalue weighted by Crippen LogP contribution is 2.11. The number of hydrogen-bond donors (Lipinski definition) is 1. The Labute approximate surface area is 60.6 Å². The molecule has 0 aromatic heterocycles. The van der Waals surface area contributed by atoms with Crippen molar-refractivity contribution in [3.8, 4) is 0 Å². The summed E-state index contributed by atoms with van der Waals surface area (Å²) >= 11 is 0. The minimum Gasteiger partial charge on any atom is -0.762 e. The van der Waals surface area contributed by atoms with Gasteiger partial charge in [0.15, 0.2) is 0 Å². The van der Waals surface area contributed by atoms with Crippen LogP contribution in [0.2, 0.25) is 0 Å². The van der Waals surface area contributed by atoms with Crippen LogP contribution >= 0.6 is 0 Å². The van der Waals surface area contributed by atoms with Crippen LogP contribution in [-0.4, -0.2) is 41.5 Å². The van der Waals surface area contributed by atoms with Gasteiger partial charge in [-0.25, -0.2) is 0 Å². The summed E-state index contributed by atoms with van der Waals surface area (Å²) in [4.78, 5) is 2.05. The molecule has 0 aliphatic carbocycles. The second kappa shape index (κ2) is 3.30. The van der Waals surface area contributed by atoms with Crippen molar-refractivity contribution in [3.05, 3.63) is 5.21 Å². The van der Waals surface area contributed by atoms with Gasteiger partial charge in [-0.3, -0.25) is 5.23 Å². The zero-order chi connectivity index (χ0) is 7.56.